The van der Waals surface area contributed by atoms with Crippen molar-refractivity contribution in [3.8, 4) is 5.75 Å². The van der Waals surface area contributed by atoms with Gasteiger partial charge in [-0.25, -0.2) is 4.98 Å². The molecule has 0 aliphatic heterocycles. The highest BCUT2D eigenvalue weighted by molar-refractivity contribution is 5.94. The van der Waals surface area contributed by atoms with Crippen molar-refractivity contribution >= 4 is 5.91 Å². The number of amides is 1. The first-order valence-corrected chi connectivity index (χ1v) is 7.63. The van der Waals surface area contributed by atoms with E-state index in [2.05, 4.69) is 15.3 Å². The molecule has 2 aromatic rings. The summed E-state index contributed by atoms with van der Waals surface area (Å²) in [4.78, 5) is 19.8. The Morgan fingerprint density at radius 3 is 2.83 bits per heavy atom. The fraction of sp³-hybridized carbons (Fsp3) is 0.412. The topological polar surface area (TPSA) is 76.2 Å². The number of hydrogen-bond donors (Lipinski definition) is 2. The number of hydrogen-bond acceptors (Lipinski definition) is 4. The Balaban J connectivity index is 2.06. The number of imidazole rings is 1. The number of nitrogens with one attached hydrogen (secondary N) is 2. The van der Waals surface area contributed by atoms with Crippen LogP contribution in [-0.4, -0.2) is 36.2 Å². The molecular formula is C17H23N3O3. The van der Waals surface area contributed by atoms with Crippen LogP contribution in [0.2, 0.25) is 0 Å². The Hall–Kier alpha value is -2.34. The minimum Gasteiger partial charge on any atom is -0.491 e. The van der Waals surface area contributed by atoms with Crippen LogP contribution in [0, 0.1) is 5.92 Å². The standard InChI is InChI=1S/C17H23N3O3/c1-12(2)15(16-18-7-8-19-16)20-17(21)13-5-4-6-14(11-13)23-10-9-22-3/h4-8,11-12,15H,9-10H2,1-3H3,(H,18,19)(H,20,21)/t15-/m0/s1. The maximum Gasteiger partial charge on any atom is 0.252 e. The summed E-state index contributed by atoms with van der Waals surface area (Å²) in [7, 11) is 1.62. The zero-order chi connectivity index (χ0) is 16.7. The number of aromatic nitrogens is 2. The largest absolute Gasteiger partial charge is 0.491 e. The third kappa shape index (κ3) is 4.82. The quantitative estimate of drug-likeness (QED) is 0.734. The lowest BCUT2D eigenvalue weighted by Gasteiger charge is -2.20. The molecule has 23 heavy (non-hydrogen) atoms. The van der Waals surface area contributed by atoms with Gasteiger partial charge in [0, 0.05) is 25.1 Å². The van der Waals surface area contributed by atoms with Crippen LogP contribution in [0.5, 0.6) is 5.75 Å². The minimum absolute atomic E-state index is 0.155. The maximum absolute atomic E-state index is 12.5. The summed E-state index contributed by atoms with van der Waals surface area (Å²) in [6.45, 7) is 5.03. The van der Waals surface area contributed by atoms with E-state index in [1.54, 1.807) is 37.7 Å². The van der Waals surface area contributed by atoms with Crippen LogP contribution >= 0.6 is 0 Å². The summed E-state index contributed by atoms with van der Waals surface area (Å²) in [6, 6.07) is 6.94. The van der Waals surface area contributed by atoms with Gasteiger partial charge in [-0.05, 0) is 24.1 Å². The first-order chi connectivity index (χ1) is 11.1. The molecule has 0 unspecified atom stereocenters. The van der Waals surface area contributed by atoms with Crippen LogP contribution in [0.1, 0.15) is 36.1 Å². The van der Waals surface area contributed by atoms with E-state index in [9.17, 15) is 4.79 Å². The van der Waals surface area contributed by atoms with Gasteiger partial charge >= 0.3 is 0 Å². The monoisotopic (exact) mass is 317 g/mol. The molecule has 0 spiro atoms. The van der Waals surface area contributed by atoms with Crippen LogP contribution in [0.3, 0.4) is 0 Å². The zero-order valence-electron chi connectivity index (χ0n) is 13.7. The molecule has 1 heterocycles. The molecule has 6 nitrogen and oxygen atoms in total. The molecule has 2 N–H and O–H groups in total. The number of rotatable bonds is 8. The Kier molecular flexibility index (Phi) is 6.17. The molecule has 1 aromatic carbocycles. The van der Waals surface area contributed by atoms with Crippen molar-refractivity contribution in [3.63, 3.8) is 0 Å². The van der Waals surface area contributed by atoms with Crippen LogP contribution in [0.25, 0.3) is 0 Å². The molecule has 0 saturated carbocycles. The number of methoxy groups -OCH3 is 1. The van der Waals surface area contributed by atoms with Crippen LogP contribution in [-0.2, 0) is 4.74 Å². The smallest absolute Gasteiger partial charge is 0.252 e. The predicted molar refractivity (Wildman–Crippen MR) is 87.4 cm³/mol. The highest BCUT2D eigenvalue weighted by Crippen LogP contribution is 2.20. The molecule has 0 aliphatic rings. The SMILES string of the molecule is COCCOc1cccc(C(=O)N[C@H](c2ncc[nH]2)C(C)C)c1. The van der Waals surface area contributed by atoms with Gasteiger partial charge in [-0.3, -0.25) is 4.79 Å². The van der Waals surface area contributed by atoms with Gasteiger partial charge in [0.2, 0.25) is 0 Å². The fourth-order valence-corrected chi connectivity index (χ4v) is 2.19. The van der Waals surface area contributed by atoms with Crippen LogP contribution < -0.4 is 10.1 Å². The average molecular weight is 317 g/mol. The number of benzene rings is 1. The van der Waals surface area contributed by atoms with E-state index >= 15 is 0 Å². The second kappa shape index (κ2) is 8.33. The lowest BCUT2D eigenvalue weighted by Crippen LogP contribution is -2.32. The van der Waals surface area contributed by atoms with Gasteiger partial charge in [0.1, 0.15) is 18.2 Å². The van der Waals surface area contributed by atoms with Gasteiger partial charge in [-0.2, -0.15) is 0 Å². The summed E-state index contributed by atoms with van der Waals surface area (Å²) in [5.74, 6) is 1.46. The first-order valence-electron chi connectivity index (χ1n) is 7.63. The summed E-state index contributed by atoms with van der Waals surface area (Å²) in [5.41, 5.74) is 0.553. The summed E-state index contributed by atoms with van der Waals surface area (Å²) < 4.78 is 10.5. The van der Waals surface area contributed by atoms with Crippen molar-refractivity contribution in [1.82, 2.24) is 15.3 Å². The number of carbonyl (C=O) groups excluding carboxylic acids is 1. The van der Waals surface area contributed by atoms with Crippen LogP contribution in [0.4, 0.5) is 0 Å². The molecule has 0 aliphatic carbocycles. The molecular weight excluding hydrogens is 294 g/mol. The lowest BCUT2D eigenvalue weighted by molar-refractivity contribution is 0.0922. The van der Waals surface area contributed by atoms with Crippen molar-refractivity contribution in [2.45, 2.75) is 19.9 Å². The van der Waals surface area contributed by atoms with E-state index in [1.165, 1.54) is 0 Å². The van der Waals surface area contributed by atoms with Crippen molar-refractivity contribution in [1.29, 1.82) is 0 Å². The third-order valence-electron chi connectivity index (χ3n) is 3.42. The summed E-state index contributed by atoms with van der Waals surface area (Å²) in [6.07, 6.45) is 3.43. The van der Waals surface area contributed by atoms with Gasteiger partial charge in [0.25, 0.3) is 5.91 Å². The van der Waals surface area contributed by atoms with E-state index < -0.39 is 0 Å². The molecule has 1 amide bonds. The Morgan fingerprint density at radius 2 is 2.17 bits per heavy atom. The fourth-order valence-electron chi connectivity index (χ4n) is 2.19. The van der Waals surface area contributed by atoms with Crippen molar-refractivity contribution in [2.24, 2.45) is 5.92 Å². The third-order valence-corrected chi connectivity index (χ3v) is 3.42. The lowest BCUT2D eigenvalue weighted by atomic mass is 10.0. The second-order valence-electron chi connectivity index (χ2n) is 5.54. The van der Waals surface area contributed by atoms with Gasteiger partial charge in [0.15, 0.2) is 0 Å². The number of aromatic amines is 1. The van der Waals surface area contributed by atoms with Gasteiger partial charge in [0.05, 0.1) is 12.6 Å². The molecule has 1 atom stereocenters. The Bertz CT molecular complexity index is 611. The normalized spacial score (nSPS) is 12.2. The number of ether oxygens (including phenoxy) is 2. The molecule has 6 heteroatoms. The molecule has 2 rings (SSSR count). The molecule has 0 bridgehead atoms. The molecule has 0 saturated heterocycles. The minimum atomic E-state index is -0.171. The molecule has 0 fully saturated rings. The summed E-state index contributed by atoms with van der Waals surface area (Å²) in [5, 5.41) is 3.02. The van der Waals surface area contributed by atoms with Crippen LogP contribution in [0.15, 0.2) is 36.7 Å². The van der Waals surface area contributed by atoms with Gasteiger partial charge < -0.3 is 19.8 Å². The van der Waals surface area contributed by atoms with Crippen molar-refractivity contribution in [3.05, 3.63) is 48.0 Å². The highest BCUT2D eigenvalue weighted by Gasteiger charge is 2.21. The van der Waals surface area contributed by atoms with Crippen molar-refractivity contribution < 1.29 is 14.3 Å². The van der Waals surface area contributed by atoms with E-state index in [4.69, 9.17) is 9.47 Å². The molecule has 0 radical (unpaired) electrons. The Labute approximate surface area is 136 Å². The van der Waals surface area contributed by atoms with E-state index in [0.29, 0.717) is 24.5 Å². The van der Waals surface area contributed by atoms with Gasteiger partial charge in [-0.15, -0.1) is 0 Å². The first kappa shape index (κ1) is 17.0. The van der Waals surface area contributed by atoms with Gasteiger partial charge in [-0.1, -0.05) is 19.9 Å². The number of nitrogens with zero attached hydrogens (tertiary/aromatic N) is 1. The van der Waals surface area contributed by atoms with E-state index in [-0.39, 0.29) is 17.9 Å². The molecule has 124 valence electrons. The predicted octanol–water partition coefficient (Wildman–Crippen LogP) is 2.56. The summed E-state index contributed by atoms with van der Waals surface area (Å²) >= 11 is 0. The number of H-pyrrole nitrogens is 1. The zero-order valence-corrected chi connectivity index (χ0v) is 13.7. The second-order valence-corrected chi connectivity index (χ2v) is 5.54. The van der Waals surface area contributed by atoms with E-state index in [0.717, 1.165) is 5.82 Å². The average Bonchev–Trinajstić information content (AvgIpc) is 3.06. The number of carbonyl (C=O) groups is 1. The van der Waals surface area contributed by atoms with E-state index in [1.807, 2.05) is 19.9 Å². The Morgan fingerprint density at radius 1 is 1.35 bits per heavy atom. The maximum atomic E-state index is 12.5. The van der Waals surface area contributed by atoms with Crippen molar-refractivity contribution in [2.75, 3.05) is 20.3 Å². The highest BCUT2D eigenvalue weighted by atomic mass is 16.5. The molecule has 1 aromatic heterocycles.